The van der Waals surface area contributed by atoms with Gasteiger partial charge in [0.1, 0.15) is 5.82 Å². The molecule has 0 saturated heterocycles. The van der Waals surface area contributed by atoms with Gasteiger partial charge in [-0.2, -0.15) is 0 Å². The van der Waals surface area contributed by atoms with E-state index in [4.69, 9.17) is 11.6 Å². The molecule has 0 bridgehead atoms. The second-order valence-electron chi connectivity index (χ2n) is 4.03. The highest BCUT2D eigenvalue weighted by molar-refractivity contribution is 9.10. The molecule has 0 aromatic heterocycles. The zero-order valence-electron chi connectivity index (χ0n) is 10.3. The molecule has 0 fully saturated rings. The molecule has 2 rings (SSSR count). The van der Waals surface area contributed by atoms with E-state index in [2.05, 4.69) is 26.6 Å². The van der Waals surface area contributed by atoms with Crippen LogP contribution in [0.1, 0.15) is 0 Å². The van der Waals surface area contributed by atoms with Crippen molar-refractivity contribution < 1.29 is 9.18 Å². The highest BCUT2D eigenvalue weighted by Gasteiger charge is 2.05. The van der Waals surface area contributed by atoms with Gasteiger partial charge in [0.25, 0.3) is 0 Å². The number of carbonyl (C=O) groups is 1. The van der Waals surface area contributed by atoms with Gasteiger partial charge < -0.3 is 10.6 Å². The highest BCUT2D eigenvalue weighted by Crippen LogP contribution is 2.25. The van der Waals surface area contributed by atoms with Gasteiger partial charge in [0.05, 0.1) is 6.54 Å². The Balaban J connectivity index is 1.90. The first kappa shape index (κ1) is 14.8. The van der Waals surface area contributed by atoms with Crippen molar-refractivity contribution >= 4 is 44.8 Å². The van der Waals surface area contributed by atoms with E-state index < -0.39 is 0 Å². The molecule has 1 amide bonds. The van der Waals surface area contributed by atoms with E-state index in [1.54, 1.807) is 18.2 Å². The largest absolute Gasteiger partial charge is 0.375 e. The summed E-state index contributed by atoms with van der Waals surface area (Å²) in [5.41, 5.74) is 1.32. The average molecular weight is 358 g/mol. The van der Waals surface area contributed by atoms with Crippen LogP contribution in [0.3, 0.4) is 0 Å². The Morgan fingerprint density at radius 3 is 2.55 bits per heavy atom. The Kier molecular flexibility index (Phi) is 4.98. The summed E-state index contributed by atoms with van der Waals surface area (Å²) in [4.78, 5) is 11.7. The van der Waals surface area contributed by atoms with E-state index >= 15 is 0 Å². The van der Waals surface area contributed by atoms with Crippen LogP contribution in [-0.2, 0) is 4.79 Å². The van der Waals surface area contributed by atoms with Crippen molar-refractivity contribution in [1.29, 1.82) is 0 Å². The minimum atomic E-state index is -0.341. The van der Waals surface area contributed by atoms with Crippen LogP contribution < -0.4 is 10.6 Å². The second-order valence-corrected chi connectivity index (χ2v) is 5.32. The smallest absolute Gasteiger partial charge is 0.243 e. The predicted molar refractivity (Wildman–Crippen MR) is 82.7 cm³/mol. The number of hydrogen-bond acceptors (Lipinski definition) is 2. The average Bonchev–Trinajstić information content (AvgIpc) is 2.40. The van der Waals surface area contributed by atoms with Crippen LogP contribution in [0.25, 0.3) is 0 Å². The number of benzene rings is 2. The van der Waals surface area contributed by atoms with E-state index in [-0.39, 0.29) is 18.3 Å². The number of halogens is 3. The SMILES string of the molecule is O=C(CNc1ccc(Cl)cc1Br)Nc1ccc(F)cc1. The lowest BCUT2D eigenvalue weighted by Gasteiger charge is -2.09. The van der Waals surface area contributed by atoms with Crippen LogP contribution in [0.5, 0.6) is 0 Å². The van der Waals surface area contributed by atoms with E-state index in [9.17, 15) is 9.18 Å². The Morgan fingerprint density at radius 2 is 1.90 bits per heavy atom. The lowest BCUT2D eigenvalue weighted by molar-refractivity contribution is -0.114. The number of amides is 1. The Bertz CT molecular complexity index is 619. The van der Waals surface area contributed by atoms with E-state index in [1.807, 2.05) is 0 Å². The molecule has 20 heavy (non-hydrogen) atoms. The van der Waals surface area contributed by atoms with Gasteiger partial charge in [-0.05, 0) is 58.4 Å². The maximum Gasteiger partial charge on any atom is 0.243 e. The first-order valence-corrected chi connectivity index (χ1v) is 6.96. The molecule has 6 heteroatoms. The van der Waals surface area contributed by atoms with Gasteiger partial charge in [-0.25, -0.2) is 4.39 Å². The van der Waals surface area contributed by atoms with Crippen LogP contribution in [0.2, 0.25) is 5.02 Å². The monoisotopic (exact) mass is 356 g/mol. The molecule has 0 aliphatic carbocycles. The molecule has 0 atom stereocenters. The lowest BCUT2D eigenvalue weighted by atomic mass is 10.3. The third-order valence-corrected chi connectivity index (χ3v) is 3.39. The van der Waals surface area contributed by atoms with Crippen molar-refractivity contribution in [1.82, 2.24) is 0 Å². The fraction of sp³-hybridized carbons (Fsp3) is 0.0714. The summed E-state index contributed by atoms with van der Waals surface area (Å²) < 4.78 is 13.5. The first-order valence-electron chi connectivity index (χ1n) is 5.79. The highest BCUT2D eigenvalue weighted by atomic mass is 79.9. The van der Waals surface area contributed by atoms with Crippen LogP contribution in [0.4, 0.5) is 15.8 Å². The van der Waals surface area contributed by atoms with Crippen LogP contribution >= 0.6 is 27.5 Å². The molecule has 2 aromatic carbocycles. The maximum absolute atomic E-state index is 12.7. The van der Waals surface area contributed by atoms with Gasteiger partial charge in [-0.3, -0.25) is 4.79 Å². The summed E-state index contributed by atoms with van der Waals surface area (Å²) in [6.07, 6.45) is 0. The predicted octanol–water partition coefficient (Wildman–Crippen LogP) is 4.29. The quantitative estimate of drug-likeness (QED) is 0.857. The Labute approximate surface area is 129 Å². The van der Waals surface area contributed by atoms with E-state index in [0.29, 0.717) is 10.7 Å². The summed E-state index contributed by atoms with van der Waals surface area (Å²) in [7, 11) is 0. The van der Waals surface area contributed by atoms with E-state index in [1.165, 1.54) is 24.3 Å². The number of carbonyl (C=O) groups excluding carboxylic acids is 1. The van der Waals surface area contributed by atoms with Gasteiger partial charge in [-0.1, -0.05) is 11.6 Å². The molecule has 0 radical (unpaired) electrons. The van der Waals surface area contributed by atoms with Crippen molar-refractivity contribution in [3.63, 3.8) is 0 Å². The molecule has 0 heterocycles. The van der Waals surface area contributed by atoms with Crippen LogP contribution in [0.15, 0.2) is 46.9 Å². The van der Waals surface area contributed by atoms with Crippen molar-refractivity contribution in [2.75, 3.05) is 17.2 Å². The second kappa shape index (κ2) is 6.72. The zero-order chi connectivity index (χ0) is 14.5. The summed E-state index contributed by atoms with van der Waals surface area (Å²) in [5.74, 6) is -0.565. The van der Waals surface area contributed by atoms with Gasteiger partial charge in [0, 0.05) is 20.9 Å². The summed E-state index contributed by atoms with van der Waals surface area (Å²) in [5, 5.41) is 6.25. The fourth-order valence-electron chi connectivity index (χ4n) is 1.55. The summed E-state index contributed by atoms with van der Waals surface area (Å²) in [6, 6.07) is 10.8. The van der Waals surface area contributed by atoms with Gasteiger partial charge in [0.15, 0.2) is 0 Å². The minimum Gasteiger partial charge on any atom is -0.375 e. The van der Waals surface area contributed by atoms with E-state index in [0.717, 1.165) is 10.2 Å². The van der Waals surface area contributed by atoms with Crippen LogP contribution in [0, 0.1) is 5.82 Å². The minimum absolute atomic E-state index is 0.0949. The molecule has 0 aliphatic rings. The first-order chi connectivity index (χ1) is 9.54. The van der Waals surface area contributed by atoms with Crippen molar-refractivity contribution in [2.45, 2.75) is 0 Å². The lowest BCUT2D eigenvalue weighted by Crippen LogP contribution is -2.21. The maximum atomic E-state index is 12.7. The number of anilines is 2. The molecule has 2 N–H and O–H groups in total. The van der Waals surface area contributed by atoms with Crippen molar-refractivity contribution in [3.05, 3.63) is 57.8 Å². The number of nitrogens with one attached hydrogen (secondary N) is 2. The summed E-state index contributed by atoms with van der Waals surface area (Å²) in [6.45, 7) is 0.0949. The standard InChI is InChI=1S/C14H11BrClFN2O/c15-12-7-9(16)1-6-13(12)18-8-14(20)19-11-4-2-10(17)3-5-11/h1-7,18H,8H2,(H,19,20). The molecular formula is C14H11BrClFN2O. The molecule has 0 spiro atoms. The normalized spacial score (nSPS) is 10.2. The third kappa shape index (κ3) is 4.21. The molecule has 0 unspecified atom stereocenters. The number of hydrogen-bond donors (Lipinski definition) is 2. The van der Waals surface area contributed by atoms with Crippen LogP contribution in [-0.4, -0.2) is 12.5 Å². The van der Waals surface area contributed by atoms with Crippen molar-refractivity contribution in [3.8, 4) is 0 Å². The topological polar surface area (TPSA) is 41.1 Å². The molecule has 104 valence electrons. The molecule has 2 aromatic rings. The Hall–Kier alpha value is -1.59. The molecule has 0 aliphatic heterocycles. The number of rotatable bonds is 4. The van der Waals surface area contributed by atoms with Gasteiger partial charge in [0.2, 0.25) is 5.91 Å². The summed E-state index contributed by atoms with van der Waals surface area (Å²) >= 11 is 9.18. The molecule has 3 nitrogen and oxygen atoms in total. The van der Waals surface area contributed by atoms with Crippen molar-refractivity contribution in [2.24, 2.45) is 0 Å². The molecular weight excluding hydrogens is 347 g/mol. The zero-order valence-corrected chi connectivity index (χ0v) is 12.6. The van der Waals surface area contributed by atoms with Gasteiger partial charge >= 0.3 is 0 Å². The third-order valence-electron chi connectivity index (χ3n) is 2.50. The Morgan fingerprint density at radius 1 is 1.20 bits per heavy atom. The molecule has 0 saturated carbocycles. The van der Waals surface area contributed by atoms with Gasteiger partial charge in [-0.15, -0.1) is 0 Å². The fourth-order valence-corrected chi connectivity index (χ4v) is 2.37.